The summed E-state index contributed by atoms with van der Waals surface area (Å²) in [6.07, 6.45) is 8.01. The zero-order valence-electron chi connectivity index (χ0n) is 22.0. The van der Waals surface area contributed by atoms with Gasteiger partial charge in [-0.25, -0.2) is 20.0 Å². The highest BCUT2D eigenvalue weighted by molar-refractivity contribution is 7.99. The Morgan fingerprint density at radius 3 is 2.40 bits per heavy atom. The Kier molecular flexibility index (Phi) is 6.97. The SMILES string of the molecule is c1ccc(C2(c3nn[nH]n3)C(c3cn[nH]n3)CCN(N3CCOCC3)C2(c2ncccn2)N2CCSCC2)nc1. The average molecular weight is 562 g/mol. The molecule has 14 nitrogen and oxygen atoms in total. The second-order valence-electron chi connectivity index (χ2n) is 10.0. The van der Waals surface area contributed by atoms with Crippen molar-refractivity contribution in [2.75, 3.05) is 57.4 Å². The van der Waals surface area contributed by atoms with Crippen LogP contribution in [0.2, 0.25) is 0 Å². The van der Waals surface area contributed by atoms with Gasteiger partial charge in [0.1, 0.15) is 5.41 Å². The maximum absolute atomic E-state index is 5.81. The molecule has 3 unspecified atom stereocenters. The van der Waals surface area contributed by atoms with Crippen molar-refractivity contribution in [3.8, 4) is 0 Å². The predicted molar refractivity (Wildman–Crippen MR) is 145 cm³/mol. The summed E-state index contributed by atoms with van der Waals surface area (Å²) in [5.74, 6) is 2.91. The average Bonchev–Trinajstić information content (AvgIpc) is 3.78. The van der Waals surface area contributed by atoms with Crippen molar-refractivity contribution >= 4 is 11.8 Å². The van der Waals surface area contributed by atoms with Gasteiger partial charge in [0.15, 0.2) is 17.3 Å². The molecule has 0 saturated carbocycles. The van der Waals surface area contributed by atoms with Crippen LogP contribution < -0.4 is 0 Å². The first-order valence-electron chi connectivity index (χ1n) is 13.6. The Bertz CT molecular complexity index is 1350. The second-order valence-corrected chi connectivity index (χ2v) is 11.3. The Hall–Kier alpha value is -3.37. The summed E-state index contributed by atoms with van der Waals surface area (Å²) >= 11 is 1.96. The zero-order chi connectivity index (χ0) is 26.8. The standard InChI is InChI=1S/C25H31N13OS/c1-2-6-26-21(4-1)24(22-31-34-35-32-22)19(20-18-29-33-30-20)5-9-38(37-10-14-39-15-11-37)25(24,23-27-7-3-8-28-23)36-12-16-40-17-13-36/h1-4,6-8,18-19H,5,9-17H2,(H,29,30,33)(H,31,32,34,35). The monoisotopic (exact) mass is 561 g/mol. The highest BCUT2D eigenvalue weighted by atomic mass is 32.2. The third-order valence-corrected chi connectivity index (χ3v) is 9.25. The molecule has 4 aromatic heterocycles. The number of nitrogens with one attached hydrogen (secondary N) is 2. The van der Waals surface area contributed by atoms with Crippen LogP contribution in [0.25, 0.3) is 0 Å². The molecule has 0 radical (unpaired) electrons. The van der Waals surface area contributed by atoms with Gasteiger partial charge in [0.05, 0.1) is 30.8 Å². The van der Waals surface area contributed by atoms with Gasteiger partial charge in [-0.15, -0.1) is 10.2 Å². The van der Waals surface area contributed by atoms with Gasteiger partial charge in [-0.05, 0) is 24.6 Å². The number of hydrogen-bond acceptors (Lipinski definition) is 13. The highest BCUT2D eigenvalue weighted by Gasteiger charge is 2.72. The number of tetrazole rings is 1. The fraction of sp³-hybridized carbons (Fsp3) is 0.520. The molecule has 0 aliphatic carbocycles. The molecule has 4 aromatic rings. The molecular formula is C25H31N13OS. The van der Waals surface area contributed by atoms with E-state index in [1.165, 1.54) is 0 Å². The Morgan fingerprint density at radius 2 is 1.70 bits per heavy atom. The normalized spacial score (nSPS) is 28.9. The van der Waals surface area contributed by atoms with Crippen LogP contribution in [0.1, 0.15) is 35.4 Å². The number of aromatic amines is 2. The number of ether oxygens (including phenoxy) is 1. The number of hydrogen-bond donors (Lipinski definition) is 2. The van der Waals surface area contributed by atoms with E-state index in [1.807, 2.05) is 48.6 Å². The topological polar surface area (TPSA) is 154 Å². The van der Waals surface area contributed by atoms with Crippen LogP contribution in [0, 0.1) is 0 Å². The number of morpholine rings is 1. The van der Waals surface area contributed by atoms with E-state index < -0.39 is 11.1 Å². The number of nitrogens with zero attached hydrogens (tertiary/aromatic N) is 11. The molecule has 40 heavy (non-hydrogen) atoms. The van der Waals surface area contributed by atoms with Crippen LogP contribution in [0.15, 0.2) is 49.1 Å². The minimum Gasteiger partial charge on any atom is -0.379 e. The quantitative estimate of drug-likeness (QED) is 0.335. The van der Waals surface area contributed by atoms with E-state index in [9.17, 15) is 0 Å². The van der Waals surface area contributed by atoms with Gasteiger partial charge in [-0.1, -0.05) is 11.3 Å². The van der Waals surface area contributed by atoms with Crippen molar-refractivity contribution in [1.82, 2.24) is 65.9 Å². The van der Waals surface area contributed by atoms with E-state index >= 15 is 0 Å². The van der Waals surface area contributed by atoms with E-state index in [0.29, 0.717) is 24.9 Å². The molecule has 3 atom stereocenters. The molecule has 0 spiro atoms. The van der Waals surface area contributed by atoms with Crippen molar-refractivity contribution < 1.29 is 4.74 Å². The number of thioether (sulfide) groups is 1. The van der Waals surface area contributed by atoms with E-state index in [2.05, 4.69) is 51.9 Å². The van der Waals surface area contributed by atoms with Crippen LogP contribution in [0.4, 0.5) is 0 Å². The Labute approximate surface area is 235 Å². The zero-order valence-corrected chi connectivity index (χ0v) is 22.8. The van der Waals surface area contributed by atoms with Gasteiger partial charge in [0.2, 0.25) is 0 Å². The summed E-state index contributed by atoms with van der Waals surface area (Å²) in [5.41, 5.74) is -0.401. The number of aromatic nitrogens is 10. The molecular weight excluding hydrogens is 530 g/mol. The molecule has 0 bridgehead atoms. The number of hydrazine groups is 1. The van der Waals surface area contributed by atoms with Crippen molar-refractivity contribution in [3.63, 3.8) is 0 Å². The summed E-state index contributed by atoms with van der Waals surface area (Å²) in [6.45, 7) is 5.15. The third kappa shape index (κ3) is 3.87. The van der Waals surface area contributed by atoms with Gasteiger partial charge >= 0.3 is 0 Å². The van der Waals surface area contributed by atoms with Crippen LogP contribution >= 0.6 is 11.8 Å². The fourth-order valence-electron chi connectivity index (χ4n) is 6.89. The Morgan fingerprint density at radius 1 is 0.875 bits per heavy atom. The predicted octanol–water partition coefficient (Wildman–Crippen LogP) is 0.427. The lowest BCUT2D eigenvalue weighted by atomic mass is 9.57. The highest BCUT2D eigenvalue weighted by Crippen LogP contribution is 2.61. The number of piperidine rings is 1. The van der Waals surface area contributed by atoms with Gasteiger partial charge in [0.25, 0.3) is 0 Å². The summed E-state index contributed by atoms with van der Waals surface area (Å²) < 4.78 is 5.81. The molecule has 15 heteroatoms. The van der Waals surface area contributed by atoms with E-state index in [1.54, 1.807) is 6.20 Å². The maximum Gasteiger partial charge on any atom is 0.191 e. The molecule has 7 rings (SSSR count). The molecule has 0 amide bonds. The molecule has 3 aliphatic rings. The first-order chi connectivity index (χ1) is 19.9. The van der Waals surface area contributed by atoms with Crippen LogP contribution in [-0.4, -0.2) is 123 Å². The maximum atomic E-state index is 5.81. The van der Waals surface area contributed by atoms with Gasteiger partial charge < -0.3 is 4.74 Å². The number of pyridine rings is 1. The lowest BCUT2D eigenvalue weighted by molar-refractivity contribution is -0.254. The first kappa shape index (κ1) is 25.6. The van der Waals surface area contributed by atoms with E-state index in [4.69, 9.17) is 24.8 Å². The summed E-state index contributed by atoms with van der Waals surface area (Å²) in [4.78, 5) is 17.6. The van der Waals surface area contributed by atoms with E-state index in [-0.39, 0.29) is 5.92 Å². The molecule has 208 valence electrons. The Balaban J connectivity index is 1.62. The summed E-state index contributed by atoms with van der Waals surface area (Å²) in [6, 6.07) is 7.86. The lowest BCUT2D eigenvalue weighted by Crippen LogP contribution is -2.78. The van der Waals surface area contributed by atoms with Crippen LogP contribution in [0.3, 0.4) is 0 Å². The largest absolute Gasteiger partial charge is 0.379 e. The van der Waals surface area contributed by atoms with Gasteiger partial charge in [-0.2, -0.15) is 32.4 Å². The second kappa shape index (κ2) is 10.9. The first-order valence-corrected chi connectivity index (χ1v) is 14.7. The minimum atomic E-state index is -1.03. The van der Waals surface area contributed by atoms with Crippen LogP contribution in [-0.2, 0) is 15.8 Å². The number of H-pyrrole nitrogens is 2. The summed E-state index contributed by atoms with van der Waals surface area (Å²) in [5, 5.41) is 32.9. The molecule has 0 aromatic carbocycles. The van der Waals surface area contributed by atoms with E-state index in [0.717, 1.165) is 62.0 Å². The minimum absolute atomic E-state index is 0.227. The molecule has 3 saturated heterocycles. The summed E-state index contributed by atoms with van der Waals surface area (Å²) in [7, 11) is 0. The third-order valence-electron chi connectivity index (χ3n) is 8.31. The molecule has 3 aliphatic heterocycles. The van der Waals surface area contributed by atoms with Crippen molar-refractivity contribution in [2.45, 2.75) is 23.4 Å². The lowest BCUT2D eigenvalue weighted by Gasteiger charge is -2.65. The molecule has 2 N–H and O–H groups in total. The van der Waals surface area contributed by atoms with Gasteiger partial charge in [0, 0.05) is 68.7 Å². The van der Waals surface area contributed by atoms with Crippen molar-refractivity contribution in [3.05, 3.63) is 72.1 Å². The molecule has 3 fully saturated rings. The number of rotatable bonds is 6. The molecule has 7 heterocycles. The fourth-order valence-corrected chi connectivity index (χ4v) is 7.79. The van der Waals surface area contributed by atoms with Crippen molar-refractivity contribution in [1.29, 1.82) is 0 Å². The van der Waals surface area contributed by atoms with Gasteiger partial charge in [-0.3, -0.25) is 9.88 Å². The van der Waals surface area contributed by atoms with Crippen molar-refractivity contribution in [2.24, 2.45) is 0 Å². The smallest absolute Gasteiger partial charge is 0.191 e. The van der Waals surface area contributed by atoms with Crippen LogP contribution in [0.5, 0.6) is 0 Å².